The Labute approximate surface area is 156 Å². The van der Waals surface area contributed by atoms with Crippen molar-refractivity contribution in [2.24, 2.45) is 5.92 Å². The summed E-state index contributed by atoms with van der Waals surface area (Å²) in [5.74, 6) is -1.36. The molecular formula is C21H20FNO4. The topological polar surface area (TPSA) is 75.6 Å². The molecule has 1 aliphatic heterocycles. The molecule has 1 heterocycles. The van der Waals surface area contributed by atoms with Crippen molar-refractivity contribution >= 4 is 11.9 Å². The zero-order chi connectivity index (χ0) is 19.2. The van der Waals surface area contributed by atoms with Crippen molar-refractivity contribution in [3.8, 4) is 5.75 Å². The number of aryl methyl sites for hydroxylation is 1. The summed E-state index contributed by atoms with van der Waals surface area (Å²) in [5.41, 5.74) is 1.44. The summed E-state index contributed by atoms with van der Waals surface area (Å²) < 4.78 is 19.2. The van der Waals surface area contributed by atoms with Crippen LogP contribution in [0.5, 0.6) is 5.75 Å². The van der Waals surface area contributed by atoms with Gasteiger partial charge < -0.3 is 15.2 Å². The minimum Gasteiger partial charge on any atom is -0.493 e. The number of para-hydroxylation sites is 1. The van der Waals surface area contributed by atoms with Gasteiger partial charge in [0.25, 0.3) is 0 Å². The van der Waals surface area contributed by atoms with Gasteiger partial charge in [0.2, 0.25) is 5.91 Å². The van der Waals surface area contributed by atoms with Gasteiger partial charge >= 0.3 is 5.97 Å². The van der Waals surface area contributed by atoms with E-state index in [0.717, 1.165) is 17.7 Å². The average Bonchev–Trinajstić information content (AvgIpc) is 3.37. The second kappa shape index (κ2) is 6.37. The zero-order valence-electron chi connectivity index (χ0n) is 14.9. The second-order valence-corrected chi connectivity index (χ2v) is 7.30. The fourth-order valence-electron chi connectivity index (χ4n) is 4.08. The number of benzene rings is 2. The van der Waals surface area contributed by atoms with E-state index in [9.17, 15) is 19.1 Å². The van der Waals surface area contributed by atoms with Crippen molar-refractivity contribution in [3.63, 3.8) is 0 Å². The number of carbonyl (C=O) groups excluding carboxylic acids is 1. The van der Waals surface area contributed by atoms with Crippen LogP contribution in [0.4, 0.5) is 4.39 Å². The van der Waals surface area contributed by atoms with Gasteiger partial charge in [-0.15, -0.1) is 0 Å². The smallest absolute Gasteiger partial charge is 0.330 e. The van der Waals surface area contributed by atoms with Crippen LogP contribution in [-0.4, -0.2) is 23.6 Å². The standard InChI is InChI=1S/C21H20FNO4/c1-12-10-13(6-7-16(12)22)18(20(25)26)23-19(24)15-11-21(15)8-9-27-17-5-3-2-4-14(17)21/h2-7,10,15,18H,8-9,11H2,1H3,(H,23,24)(H,25,26)/t15-,18?,21-/m0/s1. The Bertz CT molecular complexity index is 928. The highest BCUT2D eigenvalue weighted by Gasteiger charge is 2.61. The highest BCUT2D eigenvalue weighted by atomic mass is 19.1. The Hall–Kier alpha value is -2.89. The van der Waals surface area contributed by atoms with Crippen molar-refractivity contribution in [1.29, 1.82) is 0 Å². The third kappa shape index (κ3) is 2.95. The number of hydrogen-bond donors (Lipinski definition) is 2. The van der Waals surface area contributed by atoms with E-state index >= 15 is 0 Å². The summed E-state index contributed by atoms with van der Waals surface area (Å²) in [6, 6.07) is 10.6. The number of carbonyl (C=O) groups is 2. The van der Waals surface area contributed by atoms with E-state index in [4.69, 9.17) is 4.74 Å². The van der Waals surface area contributed by atoms with Crippen LogP contribution < -0.4 is 10.1 Å². The maximum Gasteiger partial charge on any atom is 0.330 e. The van der Waals surface area contributed by atoms with Gasteiger partial charge in [-0.25, -0.2) is 9.18 Å². The van der Waals surface area contributed by atoms with Gasteiger partial charge in [0.05, 0.1) is 6.61 Å². The molecule has 2 aromatic rings. The summed E-state index contributed by atoms with van der Waals surface area (Å²) in [6.45, 7) is 2.11. The molecular weight excluding hydrogens is 349 g/mol. The molecule has 140 valence electrons. The predicted molar refractivity (Wildman–Crippen MR) is 96.0 cm³/mol. The average molecular weight is 369 g/mol. The van der Waals surface area contributed by atoms with E-state index in [1.54, 1.807) is 6.92 Å². The molecule has 4 rings (SSSR count). The van der Waals surface area contributed by atoms with E-state index in [1.165, 1.54) is 18.2 Å². The van der Waals surface area contributed by atoms with Gasteiger partial charge in [-0.05, 0) is 43.0 Å². The highest BCUT2D eigenvalue weighted by Crippen LogP contribution is 2.60. The first-order valence-corrected chi connectivity index (χ1v) is 8.94. The van der Waals surface area contributed by atoms with Crippen molar-refractivity contribution in [3.05, 3.63) is 65.0 Å². The lowest BCUT2D eigenvalue weighted by Gasteiger charge is -2.27. The lowest BCUT2D eigenvalue weighted by Crippen LogP contribution is -2.37. The molecule has 3 atom stereocenters. The SMILES string of the molecule is Cc1cc(C(NC(=O)[C@@H]2C[C@]23CCOc2ccccc23)C(=O)O)ccc1F. The van der Waals surface area contributed by atoms with Crippen LogP contribution in [0.3, 0.4) is 0 Å². The first-order valence-electron chi connectivity index (χ1n) is 8.94. The molecule has 1 amide bonds. The lowest BCUT2D eigenvalue weighted by atomic mass is 9.87. The predicted octanol–water partition coefficient (Wildman–Crippen LogP) is 3.12. The Morgan fingerprint density at radius 3 is 2.81 bits per heavy atom. The Morgan fingerprint density at radius 2 is 2.07 bits per heavy atom. The number of halogens is 1. The number of aliphatic carboxylic acids is 1. The quantitative estimate of drug-likeness (QED) is 0.868. The number of rotatable bonds is 4. The molecule has 1 unspecified atom stereocenters. The normalized spacial score (nSPS) is 23.9. The number of nitrogens with one attached hydrogen (secondary N) is 1. The van der Waals surface area contributed by atoms with Crippen molar-refractivity contribution in [2.45, 2.75) is 31.2 Å². The van der Waals surface area contributed by atoms with Crippen LogP contribution >= 0.6 is 0 Å². The van der Waals surface area contributed by atoms with Gasteiger partial charge in [-0.2, -0.15) is 0 Å². The van der Waals surface area contributed by atoms with Crippen molar-refractivity contribution in [2.75, 3.05) is 6.61 Å². The van der Waals surface area contributed by atoms with E-state index in [2.05, 4.69) is 5.32 Å². The van der Waals surface area contributed by atoms with Crippen LogP contribution in [0.2, 0.25) is 0 Å². The van der Waals surface area contributed by atoms with Gasteiger partial charge in [-0.1, -0.05) is 30.3 Å². The molecule has 2 aromatic carbocycles. The fraction of sp³-hybridized carbons (Fsp3) is 0.333. The summed E-state index contributed by atoms with van der Waals surface area (Å²) in [4.78, 5) is 24.6. The molecule has 1 fully saturated rings. The zero-order valence-corrected chi connectivity index (χ0v) is 14.9. The molecule has 0 saturated heterocycles. The monoisotopic (exact) mass is 369 g/mol. The number of carboxylic acid groups (broad SMARTS) is 1. The van der Waals surface area contributed by atoms with Crippen LogP contribution in [0, 0.1) is 18.7 Å². The molecule has 1 saturated carbocycles. The first kappa shape index (κ1) is 17.5. The summed E-state index contributed by atoms with van der Waals surface area (Å²) in [6.07, 6.45) is 1.41. The van der Waals surface area contributed by atoms with Crippen LogP contribution in [0.15, 0.2) is 42.5 Å². The second-order valence-electron chi connectivity index (χ2n) is 7.30. The van der Waals surface area contributed by atoms with Gasteiger partial charge in [0, 0.05) is 16.9 Å². The largest absolute Gasteiger partial charge is 0.493 e. The molecule has 27 heavy (non-hydrogen) atoms. The maximum absolute atomic E-state index is 13.5. The van der Waals surface area contributed by atoms with Gasteiger partial charge in [0.15, 0.2) is 6.04 Å². The third-order valence-corrected chi connectivity index (χ3v) is 5.67. The molecule has 6 heteroatoms. The van der Waals surface area contributed by atoms with E-state index < -0.39 is 17.8 Å². The Morgan fingerprint density at radius 1 is 1.30 bits per heavy atom. The van der Waals surface area contributed by atoms with E-state index in [1.807, 2.05) is 24.3 Å². The maximum atomic E-state index is 13.5. The van der Waals surface area contributed by atoms with Crippen molar-refractivity contribution in [1.82, 2.24) is 5.32 Å². The first-order chi connectivity index (χ1) is 12.9. The molecule has 1 spiro atoms. The van der Waals surface area contributed by atoms with Crippen LogP contribution in [0.25, 0.3) is 0 Å². The third-order valence-electron chi connectivity index (χ3n) is 5.67. The van der Waals surface area contributed by atoms with Crippen LogP contribution in [-0.2, 0) is 15.0 Å². The minimum atomic E-state index is -1.20. The Kier molecular flexibility index (Phi) is 4.13. The van der Waals surface area contributed by atoms with E-state index in [-0.39, 0.29) is 17.2 Å². The number of hydrogen-bond acceptors (Lipinski definition) is 3. The molecule has 0 radical (unpaired) electrons. The number of amides is 1. The molecule has 2 aliphatic rings. The van der Waals surface area contributed by atoms with Crippen LogP contribution in [0.1, 0.15) is 35.6 Å². The molecule has 5 nitrogen and oxygen atoms in total. The lowest BCUT2D eigenvalue weighted by molar-refractivity contribution is -0.142. The number of carboxylic acids is 1. The van der Waals surface area contributed by atoms with Gasteiger partial charge in [-0.3, -0.25) is 4.79 Å². The molecule has 2 N–H and O–H groups in total. The fourth-order valence-corrected chi connectivity index (χ4v) is 4.08. The van der Waals surface area contributed by atoms with Crippen molar-refractivity contribution < 1.29 is 23.8 Å². The number of ether oxygens (including phenoxy) is 1. The summed E-state index contributed by atoms with van der Waals surface area (Å²) in [7, 11) is 0. The summed E-state index contributed by atoms with van der Waals surface area (Å²) in [5, 5.41) is 12.2. The number of fused-ring (bicyclic) bond motifs is 2. The Balaban J connectivity index is 1.56. The molecule has 0 bridgehead atoms. The molecule has 0 aromatic heterocycles. The highest BCUT2D eigenvalue weighted by molar-refractivity contribution is 5.89. The van der Waals surface area contributed by atoms with E-state index in [0.29, 0.717) is 24.2 Å². The minimum absolute atomic E-state index is 0.277. The summed E-state index contributed by atoms with van der Waals surface area (Å²) >= 11 is 0. The molecule has 1 aliphatic carbocycles. The van der Waals surface area contributed by atoms with Gasteiger partial charge in [0.1, 0.15) is 11.6 Å².